The van der Waals surface area contributed by atoms with E-state index in [1.165, 1.54) is 0 Å². The van der Waals surface area contributed by atoms with Gasteiger partial charge in [0.2, 0.25) is 0 Å². The Labute approximate surface area is 122 Å². The minimum Gasteiger partial charge on any atom is -0.396 e. The maximum absolute atomic E-state index is 9.09. The van der Waals surface area contributed by atoms with Crippen LogP contribution in [0.4, 0.5) is 0 Å². The van der Waals surface area contributed by atoms with Crippen molar-refractivity contribution in [1.82, 2.24) is 9.38 Å². The van der Waals surface area contributed by atoms with Crippen molar-refractivity contribution in [2.24, 2.45) is 0 Å². The van der Waals surface area contributed by atoms with E-state index < -0.39 is 0 Å². The van der Waals surface area contributed by atoms with Gasteiger partial charge in [0.05, 0.1) is 11.4 Å². The SMILES string of the molecule is OCCCc1c(-c2ccc(Cl)cc2)nc2ccccn12. The van der Waals surface area contributed by atoms with Crippen molar-refractivity contribution < 1.29 is 5.11 Å². The maximum Gasteiger partial charge on any atom is 0.137 e. The minimum atomic E-state index is 0.181. The second-order valence-corrected chi connectivity index (χ2v) is 5.11. The summed E-state index contributed by atoms with van der Waals surface area (Å²) >= 11 is 5.94. The van der Waals surface area contributed by atoms with Crippen LogP contribution in [0.3, 0.4) is 0 Å². The third kappa shape index (κ3) is 2.42. The first-order valence-corrected chi connectivity index (χ1v) is 7.00. The maximum atomic E-state index is 9.09. The summed E-state index contributed by atoms with van der Waals surface area (Å²) in [6.45, 7) is 0.181. The number of aliphatic hydroxyl groups is 1. The van der Waals surface area contributed by atoms with Gasteiger partial charge in [0.1, 0.15) is 5.65 Å². The molecule has 2 aromatic heterocycles. The molecule has 0 aliphatic rings. The van der Waals surface area contributed by atoms with Crippen LogP contribution in [0, 0.1) is 0 Å². The number of benzene rings is 1. The third-order valence-corrected chi connectivity index (χ3v) is 3.57. The number of aliphatic hydroxyl groups excluding tert-OH is 1. The zero-order chi connectivity index (χ0) is 13.9. The van der Waals surface area contributed by atoms with Gasteiger partial charge in [-0.3, -0.25) is 0 Å². The molecule has 4 heteroatoms. The van der Waals surface area contributed by atoms with Gasteiger partial charge in [-0.2, -0.15) is 0 Å². The second-order valence-electron chi connectivity index (χ2n) is 4.67. The summed E-state index contributed by atoms with van der Waals surface area (Å²) in [5, 5.41) is 9.80. The molecule has 1 N–H and O–H groups in total. The first kappa shape index (κ1) is 13.2. The van der Waals surface area contributed by atoms with E-state index in [-0.39, 0.29) is 6.61 Å². The van der Waals surface area contributed by atoms with Crippen LogP contribution in [0.25, 0.3) is 16.9 Å². The third-order valence-electron chi connectivity index (χ3n) is 3.32. The molecule has 0 radical (unpaired) electrons. The molecule has 0 spiro atoms. The number of aryl methyl sites for hydroxylation is 1. The van der Waals surface area contributed by atoms with Gasteiger partial charge in [-0.1, -0.05) is 29.8 Å². The van der Waals surface area contributed by atoms with E-state index in [1.54, 1.807) is 0 Å². The molecule has 3 aromatic rings. The lowest BCUT2D eigenvalue weighted by molar-refractivity contribution is 0.288. The minimum absolute atomic E-state index is 0.181. The molecular weight excluding hydrogens is 272 g/mol. The van der Waals surface area contributed by atoms with Gasteiger partial charge < -0.3 is 9.51 Å². The molecule has 20 heavy (non-hydrogen) atoms. The van der Waals surface area contributed by atoms with Gasteiger partial charge in [0.15, 0.2) is 0 Å². The standard InChI is InChI=1S/C16H15ClN2O/c17-13-8-6-12(7-9-13)16-14(4-3-11-20)19-10-2-1-5-15(19)18-16/h1-2,5-10,20H,3-4,11H2. The highest BCUT2D eigenvalue weighted by molar-refractivity contribution is 6.30. The molecule has 102 valence electrons. The predicted molar refractivity (Wildman–Crippen MR) is 81.0 cm³/mol. The molecule has 0 fully saturated rings. The van der Waals surface area contributed by atoms with Crippen LogP contribution in [-0.2, 0) is 6.42 Å². The fourth-order valence-corrected chi connectivity index (χ4v) is 2.50. The van der Waals surface area contributed by atoms with Gasteiger partial charge in [-0.05, 0) is 37.1 Å². The quantitative estimate of drug-likeness (QED) is 0.796. The number of fused-ring (bicyclic) bond motifs is 1. The van der Waals surface area contributed by atoms with E-state index in [0.29, 0.717) is 0 Å². The van der Waals surface area contributed by atoms with Crippen LogP contribution in [0.5, 0.6) is 0 Å². The van der Waals surface area contributed by atoms with E-state index in [9.17, 15) is 0 Å². The van der Waals surface area contributed by atoms with Crippen LogP contribution in [-0.4, -0.2) is 21.1 Å². The van der Waals surface area contributed by atoms with Crippen LogP contribution >= 0.6 is 11.6 Å². The molecule has 0 aliphatic heterocycles. The molecule has 0 atom stereocenters. The van der Waals surface area contributed by atoms with E-state index >= 15 is 0 Å². The summed E-state index contributed by atoms with van der Waals surface area (Å²) in [6, 6.07) is 13.7. The Morgan fingerprint density at radius 3 is 2.65 bits per heavy atom. The summed E-state index contributed by atoms with van der Waals surface area (Å²) in [7, 11) is 0. The Bertz CT molecular complexity index is 719. The Morgan fingerprint density at radius 2 is 1.90 bits per heavy atom. The number of rotatable bonds is 4. The Hall–Kier alpha value is -1.84. The number of halogens is 1. The number of hydrogen-bond donors (Lipinski definition) is 1. The molecule has 0 amide bonds. The van der Waals surface area contributed by atoms with Gasteiger partial charge >= 0.3 is 0 Å². The number of imidazole rings is 1. The summed E-state index contributed by atoms with van der Waals surface area (Å²) in [5.41, 5.74) is 4.05. The number of aromatic nitrogens is 2. The largest absolute Gasteiger partial charge is 0.396 e. The fourth-order valence-electron chi connectivity index (χ4n) is 2.37. The molecule has 3 nitrogen and oxygen atoms in total. The van der Waals surface area contributed by atoms with Crippen molar-refractivity contribution in [2.45, 2.75) is 12.8 Å². The topological polar surface area (TPSA) is 37.5 Å². The Balaban J connectivity index is 2.15. The van der Waals surface area contributed by atoms with Crippen molar-refractivity contribution in [1.29, 1.82) is 0 Å². The lowest BCUT2D eigenvalue weighted by atomic mass is 10.1. The van der Waals surface area contributed by atoms with Crippen molar-refractivity contribution in [3.05, 3.63) is 59.4 Å². The summed E-state index contributed by atoms with van der Waals surface area (Å²) < 4.78 is 2.08. The van der Waals surface area contributed by atoms with Gasteiger partial charge in [-0.25, -0.2) is 4.98 Å². The highest BCUT2D eigenvalue weighted by atomic mass is 35.5. The zero-order valence-corrected chi connectivity index (χ0v) is 11.7. The first-order valence-electron chi connectivity index (χ1n) is 6.62. The Morgan fingerprint density at radius 1 is 1.10 bits per heavy atom. The van der Waals surface area contributed by atoms with Crippen LogP contribution < -0.4 is 0 Å². The molecule has 0 saturated carbocycles. The van der Waals surface area contributed by atoms with Crippen LogP contribution in [0.2, 0.25) is 5.02 Å². The molecule has 0 aliphatic carbocycles. The lowest BCUT2D eigenvalue weighted by Crippen LogP contribution is -1.96. The van der Waals surface area contributed by atoms with Crippen molar-refractivity contribution in [3.8, 4) is 11.3 Å². The number of nitrogens with zero attached hydrogens (tertiary/aromatic N) is 2. The van der Waals surface area contributed by atoms with Crippen LogP contribution in [0.15, 0.2) is 48.7 Å². The van der Waals surface area contributed by atoms with E-state index in [0.717, 1.165) is 40.5 Å². The fraction of sp³-hybridized carbons (Fsp3) is 0.188. The normalized spacial score (nSPS) is 11.1. The zero-order valence-electron chi connectivity index (χ0n) is 11.0. The van der Waals surface area contributed by atoms with Gasteiger partial charge in [-0.15, -0.1) is 0 Å². The number of pyridine rings is 1. The average molecular weight is 287 g/mol. The number of hydrogen-bond acceptors (Lipinski definition) is 2. The summed E-state index contributed by atoms with van der Waals surface area (Å²) in [6.07, 6.45) is 3.53. The van der Waals surface area contributed by atoms with Crippen molar-refractivity contribution in [3.63, 3.8) is 0 Å². The van der Waals surface area contributed by atoms with E-state index in [1.807, 2.05) is 48.7 Å². The molecule has 0 unspecified atom stereocenters. The van der Waals surface area contributed by atoms with Crippen molar-refractivity contribution >= 4 is 17.2 Å². The van der Waals surface area contributed by atoms with E-state index in [2.05, 4.69) is 4.40 Å². The van der Waals surface area contributed by atoms with Gasteiger partial charge in [0, 0.05) is 23.4 Å². The molecule has 2 heterocycles. The van der Waals surface area contributed by atoms with Crippen LogP contribution in [0.1, 0.15) is 12.1 Å². The second kappa shape index (κ2) is 5.65. The lowest BCUT2D eigenvalue weighted by Gasteiger charge is -2.04. The average Bonchev–Trinajstić information content (AvgIpc) is 2.84. The summed E-state index contributed by atoms with van der Waals surface area (Å²) in [5.74, 6) is 0. The monoisotopic (exact) mass is 286 g/mol. The van der Waals surface area contributed by atoms with Crippen molar-refractivity contribution in [2.75, 3.05) is 6.61 Å². The first-order chi connectivity index (χ1) is 9.79. The molecule has 0 saturated heterocycles. The molecule has 0 bridgehead atoms. The highest BCUT2D eigenvalue weighted by Gasteiger charge is 2.13. The van der Waals surface area contributed by atoms with Gasteiger partial charge in [0.25, 0.3) is 0 Å². The molecule has 1 aromatic carbocycles. The summed E-state index contributed by atoms with van der Waals surface area (Å²) in [4.78, 5) is 4.70. The predicted octanol–water partition coefficient (Wildman–Crippen LogP) is 3.58. The highest BCUT2D eigenvalue weighted by Crippen LogP contribution is 2.26. The molecule has 3 rings (SSSR count). The van der Waals surface area contributed by atoms with E-state index in [4.69, 9.17) is 21.7 Å². The Kier molecular flexibility index (Phi) is 3.72. The smallest absolute Gasteiger partial charge is 0.137 e. The molecular formula is C16H15ClN2O.